The van der Waals surface area contributed by atoms with Gasteiger partial charge in [-0.25, -0.2) is 0 Å². The van der Waals surface area contributed by atoms with Gasteiger partial charge >= 0.3 is 0 Å². The number of halogens is 1. The topological polar surface area (TPSA) is 43.8 Å². The van der Waals surface area contributed by atoms with Crippen LogP contribution in [0.1, 0.15) is 52.9 Å². The standard InChI is InChI=1S/C16H28BrN3/c1-7-11-13(17)12(20(8-2)19-11)9-10(18)14-15(3,4)16(14,5)6/h10,14H,7-9,18H2,1-6H3. The first-order valence-corrected chi connectivity index (χ1v) is 8.47. The highest BCUT2D eigenvalue weighted by Gasteiger charge is 2.66. The van der Waals surface area contributed by atoms with Gasteiger partial charge in [0.2, 0.25) is 0 Å². The fourth-order valence-electron chi connectivity index (χ4n) is 3.87. The zero-order valence-electron chi connectivity index (χ0n) is 13.6. The zero-order valence-corrected chi connectivity index (χ0v) is 15.2. The van der Waals surface area contributed by atoms with E-state index in [1.54, 1.807) is 0 Å². The van der Waals surface area contributed by atoms with Crippen molar-refractivity contribution in [1.82, 2.24) is 9.78 Å². The highest BCUT2D eigenvalue weighted by atomic mass is 79.9. The number of rotatable bonds is 5. The molecule has 0 spiro atoms. The summed E-state index contributed by atoms with van der Waals surface area (Å²) < 4.78 is 3.26. The summed E-state index contributed by atoms with van der Waals surface area (Å²) in [6, 6.07) is 0.197. The van der Waals surface area contributed by atoms with E-state index in [2.05, 4.69) is 67.3 Å². The smallest absolute Gasteiger partial charge is 0.0766 e. The van der Waals surface area contributed by atoms with Crippen molar-refractivity contribution in [2.75, 3.05) is 0 Å². The van der Waals surface area contributed by atoms with Gasteiger partial charge in [0.25, 0.3) is 0 Å². The van der Waals surface area contributed by atoms with E-state index in [4.69, 9.17) is 5.73 Å². The summed E-state index contributed by atoms with van der Waals surface area (Å²) in [6.07, 6.45) is 1.86. The SMILES string of the molecule is CCc1nn(CC)c(CC(N)C2C(C)(C)C2(C)C)c1Br. The summed E-state index contributed by atoms with van der Waals surface area (Å²) in [5.41, 5.74) is 9.62. The van der Waals surface area contributed by atoms with Crippen molar-refractivity contribution in [1.29, 1.82) is 0 Å². The first-order valence-electron chi connectivity index (χ1n) is 7.68. The van der Waals surface area contributed by atoms with Crippen LogP contribution in [0.3, 0.4) is 0 Å². The highest BCUT2D eigenvalue weighted by molar-refractivity contribution is 9.10. The van der Waals surface area contributed by atoms with E-state index in [0.717, 1.165) is 29.6 Å². The zero-order chi connectivity index (χ0) is 15.3. The summed E-state index contributed by atoms with van der Waals surface area (Å²) in [4.78, 5) is 0. The molecule has 0 saturated heterocycles. The first-order chi connectivity index (χ1) is 9.18. The van der Waals surface area contributed by atoms with Crippen LogP contribution < -0.4 is 5.73 Å². The third-order valence-electron chi connectivity index (χ3n) is 5.68. The normalized spacial score (nSPS) is 22.0. The molecule has 4 heteroatoms. The van der Waals surface area contributed by atoms with Gasteiger partial charge in [0.15, 0.2) is 0 Å². The van der Waals surface area contributed by atoms with Gasteiger partial charge in [-0.15, -0.1) is 0 Å². The lowest BCUT2D eigenvalue weighted by Crippen LogP contribution is -2.29. The van der Waals surface area contributed by atoms with Gasteiger partial charge in [-0.1, -0.05) is 34.6 Å². The lowest BCUT2D eigenvalue weighted by atomic mass is 10.0. The maximum Gasteiger partial charge on any atom is 0.0766 e. The maximum atomic E-state index is 6.54. The van der Waals surface area contributed by atoms with E-state index in [9.17, 15) is 0 Å². The van der Waals surface area contributed by atoms with Gasteiger partial charge in [-0.05, 0) is 46.0 Å². The molecular formula is C16H28BrN3. The van der Waals surface area contributed by atoms with Crippen molar-refractivity contribution < 1.29 is 0 Å². The van der Waals surface area contributed by atoms with Crippen LogP contribution in [0.15, 0.2) is 4.47 Å². The van der Waals surface area contributed by atoms with Gasteiger partial charge in [-0.2, -0.15) is 5.10 Å². The molecule has 0 bridgehead atoms. The highest BCUT2D eigenvalue weighted by Crippen LogP contribution is 2.69. The minimum Gasteiger partial charge on any atom is -0.327 e. The first kappa shape index (κ1) is 16.0. The molecule has 1 aliphatic rings. The molecule has 0 radical (unpaired) electrons. The molecular weight excluding hydrogens is 314 g/mol. The predicted molar refractivity (Wildman–Crippen MR) is 87.7 cm³/mol. The third kappa shape index (κ3) is 2.25. The van der Waals surface area contributed by atoms with Crippen LogP contribution in [-0.4, -0.2) is 15.8 Å². The summed E-state index contributed by atoms with van der Waals surface area (Å²) in [6.45, 7) is 14.5. The van der Waals surface area contributed by atoms with Crippen LogP contribution in [0, 0.1) is 16.7 Å². The molecule has 1 fully saturated rings. The molecule has 0 aliphatic heterocycles. The molecule has 114 valence electrons. The van der Waals surface area contributed by atoms with Gasteiger partial charge in [0.1, 0.15) is 0 Å². The molecule has 1 unspecified atom stereocenters. The van der Waals surface area contributed by atoms with Crippen LogP contribution in [0.5, 0.6) is 0 Å². The van der Waals surface area contributed by atoms with Crippen molar-refractivity contribution in [2.24, 2.45) is 22.5 Å². The van der Waals surface area contributed by atoms with E-state index in [0.29, 0.717) is 16.7 Å². The van der Waals surface area contributed by atoms with E-state index in [-0.39, 0.29) is 6.04 Å². The number of nitrogens with zero attached hydrogens (tertiary/aromatic N) is 2. The number of hydrogen-bond acceptors (Lipinski definition) is 2. The summed E-state index contributed by atoms with van der Waals surface area (Å²) in [5.74, 6) is 0.576. The molecule has 3 nitrogen and oxygen atoms in total. The Labute approximate surface area is 131 Å². The third-order valence-corrected chi connectivity index (χ3v) is 6.60. The average Bonchev–Trinajstić information content (AvgIpc) is 2.63. The molecule has 1 atom stereocenters. The maximum absolute atomic E-state index is 6.54. The fourth-order valence-corrected chi connectivity index (χ4v) is 4.60. The van der Waals surface area contributed by atoms with Crippen molar-refractivity contribution in [3.63, 3.8) is 0 Å². The molecule has 0 aromatic carbocycles. The molecule has 1 saturated carbocycles. The molecule has 1 heterocycles. The minimum atomic E-state index is 0.197. The molecule has 2 rings (SSSR count). The monoisotopic (exact) mass is 341 g/mol. The Bertz CT molecular complexity index is 488. The summed E-state index contributed by atoms with van der Waals surface area (Å²) in [5, 5.41) is 4.67. The molecule has 0 amide bonds. The van der Waals surface area contributed by atoms with E-state index in [1.807, 2.05) is 0 Å². The lowest BCUT2D eigenvalue weighted by Gasteiger charge is -2.15. The van der Waals surface area contributed by atoms with E-state index < -0.39 is 0 Å². The number of aromatic nitrogens is 2. The Morgan fingerprint density at radius 2 is 1.80 bits per heavy atom. The number of hydrogen-bond donors (Lipinski definition) is 1. The summed E-state index contributed by atoms with van der Waals surface area (Å²) >= 11 is 3.72. The second-order valence-electron chi connectivity index (χ2n) is 7.17. The molecule has 1 aromatic heterocycles. The van der Waals surface area contributed by atoms with E-state index >= 15 is 0 Å². The Hall–Kier alpha value is -0.350. The van der Waals surface area contributed by atoms with Gasteiger partial charge in [0.05, 0.1) is 15.9 Å². The van der Waals surface area contributed by atoms with Crippen LogP contribution in [-0.2, 0) is 19.4 Å². The van der Waals surface area contributed by atoms with Gasteiger partial charge in [0, 0.05) is 19.0 Å². The van der Waals surface area contributed by atoms with Crippen molar-refractivity contribution in [2.45, 2.75) is 67.0 Å². The Kier molecular flexibility index (Phi) is 4.11. The van der Waals surface area contributed by atoms with Crippen LogP contribution in [0.4, 0.5) is 0 Å². The van der Waals surface area contributed by atoms with Crippen LogP contribution in [0.2, 0.25) is 0 Å². The average molecular weight is 342 g/mol. The van der Waals surface area contributed by atoms with Crippen molar-refractivity contribution in [3.05, 3.63) is 15.9 Å². The number of nitrogens with two attached hydrogens (primary N) is 1. The fraction of sp³-hybridized carbons (Fsp3) is 0.812. The lowest BCUT2D eigenvalue weighted by molar-refractivity contribution is 0.457. The Balaban J connectivity index is 2.21. The molecule has 1 aromatic rings. The van der Waals surface area contributed by atoms with Crippen molar-refractivity contribution in [3.8, 4) is 0 Å². The Morgan fingerprint density at radius 3 is 2.20 bits per heavy atom. The van der Waals surface area contributed by atoms with Crippen molar-refractivity contribution >= 4 is 15.9 Å². The quantitative estimate of drug-likeness (QED) is 0.885. The number of aryl methyl sites for hydroxylation is 2. The Morgan fingerprint density at radius 1 is 1.25 bits per heavy atom. The predicted octanol–water partition coefficient (Wildman–Crippen LogP) is 3.78. The largest absolute Gasteiger partial charge is 0.327 e. The molecule has 2 N–H and O–H groups in total. The van der Waals surface area contributed by atoms with Crippen LogP contribution >= 0.6 is 15.9 Å². The van der Waals surface area contributed by atoms with E-state index in [1.165, 1.54) is 5.69 Å². The second-order valence-corrected chi connectivity index (χ2v) is 7.96. The molecule has 1 aliphatic carbocycles. The van der Waals surface area contributed by atoms with Gasteiger partial charge in [-0.3, -0.25) is 4.68 Å². The summed E-state index contributed by atoms with van der Waals surface area (Å²) in [7, 11) is 0. The van der Waals surface area contributed by atoms with Gasteiger partial charge < -0.3 is 5.73 Å². The van der Waals surface area contributed by atoms with Crippen LogP contribution in [0.25, 0.3) is 0 Å². The second kappa shape index (κ2) is 5.13. The molecule has 20 heavy (non-hydrogen) atoms. The minimum absolute atomic E-state index is 0.197.